The van der Waals surface area contributed by atoms with Gasteiger partial charge in [0.05, 0.1) is 66.2 Å². The number of likely N-dealkylation sites (tertiary alicyclic amines) is 2. The van der Waals surface area contributed by atoms with Crippen LogP contribution in [0.4, 0.5) is 9.59 Å². The Kier molecular flexibility index (Phi) is 12.0. The zero-order valence-corrected chi connectivity index (χ0v) is 40.4. The van der Waals surface area contributed by atoms with E-state index in [0.717, 1.165) is 86.5 Å². The molecule has 2 saturated heterocycles. The third-order valence-electron chi connectivity index (χ3n) is 14.0. The van der Waals surface area contributed by atoms with E-state index >= 15 is 0 Å². The molecule has 0 bridgehead atoms. The number of ether oxygens (including phenoxy) is 3. The van der Waals surface area contributed by atoms with Crippen molar-refractivity contribution in [2.75, 3.05) is 27.3 Å². The van der Waals surface area contributed by atoms with E-state index in [-0.39, 0.29) is 35.7 Å². The number of rotatable bonds is 12. The second-order valence-corrected chi connectivity index (χ2v) is 20.4. The molecule has 356 valence electrons. The van der Waals surface area contributed by atoms with Gasteiger partial charge in [-0.25, -0.2) is 19.6 Å². The number of H-pyrrole nitrogens is 2. The van der Waals surface area contributed by atoms with E-state index in [4.69, 9.17) is 24.2 Å². The van der Waals surface area contributed by atoms with Crippen LogP contribution in [-0.4, -0.2) is 97.7 Å². The zero-order valence-electron chi connectivity index (χ0n) is 39.6. The molecule has 4 aromatic heterocycles. The lowest BCUT2D eigenvalue weighted by Gasteiger charge is -2.31. The maximum atomic E-state index is 13.9. The molecular formula is C51H59N9O7S. The summed E-state index contributed by atoms with van der Waals surface area (Å²) in [4.78, 5) is 74.9. The molecule has 1 saturated carbocycles. The maximum absolute atomic E-state index is 13.9. The number of thiophene rings is 1. The number of hydrogen-bond acceptors (Lipinski definition) is 10. The number of alkyl carbamates (subject to hydrolysis) is 2. The number of methoxy groups -OCH3 is 2. The molecule has 16 nitrogen and oxygen atoms in total. The number of aromatic nitrogens is 5. The normalized spacial score (nSPS) is 19.8. The molecule has 68 heavy (non-hydrogen) atoms. The molecular weight excluding hydrogens is 883 g/mol. The molecule has 10 rings (SSSR count). The fraction of sp³-hybridized carbons (Fsp3) is 0.451. The smallest absolute Gasteiger partial charge is 0.407 e. The Morgan fingerprint density at radius 2 is 1.31 bits per heavy atom. The number of nitrogens with zero attached hydrogens (tertiary/aromatic N) is 5. The van der Waals surface area contributed by atoms with E-state index in [0.29, 0.717) is 30.7 Å². The van der Waals surface area contributed by atoms with Gasteiger partial charge in [-0.1, -0.05) is 33.8 Å². The number of aryl methyl sites for hydroxylation is 1. The van der Waals surface area contributed by atoms with Crippen molar-refractivity contribution >= 4 is 46.2 Å². The molecule has 1 aliphatic carbocycles. The summed E-state index contributed by atoms with van der Waals surface area (Å²) in [7, 11) is 2.59. The average molecular weight is 942 g/mol. The molecule has 5 atom stereocenters. The van der Waals surface area contributed by atoms with Gasteiger partial charge in [0.1, 0.15) is 29.5 Å². The van der Waals surface area contributed by atoms with Crippen molar-refractivity contribution < 1.29 is 33.4 Å². The van der Waals surface area contributed by atoms with Crippen LogP contribution in [0.1, 0.15) is 117 Å². The van der Waals surface area contributed by atoms with Gasteiger partial charge in [-0.15, -0.1) is 11.3 Å². The van der Waals surface area contributed by atoms with Gasteiger partial charge in [-0.2, -0.15) is 0 Å². The number of nitrogens with one attached hydrogen (secondary N) is 4. The largest absolute Gasteiger partial charge is 0.464 e. The molecule has 0 radical (unpaired) electrons. The van der Waals surface area contributed by atoms with Crippen molar-refractivity contribution in [1.29, 1.82) is 0 Å². The summed E-state index contributed by atoms with van der Waals surface area (Å²) < 4.78 is 19.1. The summed E-state index contributed by atoms with van der Waals surface area (Å²) in [6.07, 6.45) is 7.62. The summed E-state index contributed by atoms with van der Waals surface area (Å²) in [5.74, 6) is 2.26. The highest BCUT2D eigenvalue weighted by atomic mass is 32.1. The minimum Gasteiger partial charge on any atom is -0.464 e. The lowest BCUT2D eigenvalue weighted by Crippen LogP contribution is -2.51. The number of fused-ring (bicyclic) bond motifs is 5. The third kappa shape index (κ3) is 8.28. The van der Waals surface area contributed by atoms with Crippen LogP contribution < -0.4 is 15.4 Å². The van der Waals surface area contributed by atoms with Gasteiger partial charge in [-0.3, -0.25) is 14.2 Å². The van der Waals surface area contributed by atoms with Crippen molar-refractivity contribution in [3.05, 3.63) is 87.9 Å². The fourth-order valence-corrected chi connectivity index (χ4v) is 11.5. The van der Waals surface area contributed by atoms with Gasteiger partial charge in [0.2, 0.25) is 18.0 Å². The van der Waals surface area contributed by atoms with Crippen molar-refractivity contribution in [1.82, 2.24) is 44.9 Å². The highest BCUT2D eigenvalue weighted by molar-refractivity contribution is 7.12. The molecule has 4 aliphatic rings. The number of amides is 4. The Labute approximate surface area is 399 Å². The van der Waals surface area contributed by atoms with Gasteiger partial charge < -0.3 is 44.6 Å². The molecule has 3 aliphatic heterocycles. The number of carbonyl (C=O) groups excluding carboxylic acids is 4. The first-order chi connectivity index (χ1) is 32.8. The molecule has 0 spiro atoms. The van der Waals surface area contributed by atoms with Gasteiger partial charge >= 0.3 is 12.2 Å². The Morgan fingerprint density at radius 3 is 1.87 bits per heavy atom. The molecule has 4 N–H and O–H groups in total. The Bertz CT molecular complexity index is 2910. The van der Waals surface area contributed by atoms with E-state index in [1.807, 2.05) is 61.2 Å². The van der Waals surface area contributed by atoms with E-state index < -0.39 is 30.5 Å². The monoisotopic (exact) mass is 941 g/mol. The van der Waals surface area contributed by atoms with Gasteiger partial charge in [0.15, 0.2) is 0 Å². The van der Waals surface area contributed by atoms with Gasteiger partial charge in [0.25, 0.3) is 0 Å². The molecule has 6 aromatic rings. The van der Waals surface area contributed by atoms with Gasteiger partial charge in [-0.05, 0) is 111 Å². The van der Waals surface area contributed by atoms with Crippen LogP contribution >= 0.6 is 11.3 Å². The third-order valence-corrected chi connectivity index (χ3v) is 15.3. The van der Waals surface area contributed by atoms with E-state index in [1.54, 1.807) is 0 Å². The quantitative estimate of drug-likeness (QED) is 0.0927. The highest BCUT2D eigenvalue weighted by Crippen LogP contribution is 2.50. The Balaban J connectivity index is 0.963. The van der Waals surface area contributed by atoms with Crippen molar-refractivity contribution in [2.24, 2.45) is 11.8 Å². The molecule has 3 fully saturated rings. The summed E-state index contributed by atoms with van der Waals surface area (Å²) in [6, 6.07) is 15.5. The summed E-state index contributed by atoms with van der Waals surface area (Å²) >= 11 is 1.82. The number of carbonyl (C=O) groups is 4. The first-order valence-corrected chi connectivity index (χ1v) is 24.6. The van der Waals surface area contributed by atoms with Crippen molar-refractivity contribution in [3.8, 4) is 39.5 Å². The number of benzene rings is 2. The molecule has 7 heterocycles. The molecule has 17 heteroatoms. The lowest BCUT2D eigenvalue weighted by molar-refractivity contribution is -0.136. The maximum Gasteiger partial charge on any atom is 0.407 e. The lowest BCUT2D eigenvalue weighted by atomic mass is 9.98. The second kappa shape index (κ2) is 18.1. The first-order valence-electron chi connectivity index (χ1n) is 23.8. The van der Waals surface area contributed by atoms with Crippen LogP contribution in [-0.2, 0) is 19.1 Å². The van der Waals surface area contributed by atoms with Crippen LogP contribution in [0.5, 0.6) is 5.75 Å². The van der Waals surface area contributed by atoms with Crippen molar-refractivity contribution in [2.45, 2.75) is 109 Å². The van der Waals surface area contributed by atoms with Crippen LogP contribution in [0.15, 0.2) is 60.9 Å². The second-order valence-electron chi connectivity index (χ2n) is 19.3. The SMILES string of the molecule is COC(=O)NC(C(=O)N1CCCC1c1ncc(-c2cc(C)c3c(c2)OC(c2ccc(C4CC4)s2)n2c-3cc3cc(-c4cnc(C5CCCN5C(=O)C(NC(=O)OC)C(C)C)[nH]4)ccc32)[nH]1)C(C)C. The predicted octanol–water partition coefficient (Wildman–Crippen LogP) is 9.36. The van der Waals surface area contributed by atoms with Gasteiger partial charge in [0, 0.05) is 40.0 Å². The average Bonchev–Trinajstić information content (AvgIpc) is 4.05. The molecule has 2 aromatic carbocycles. The summed E-state index contributed by atoms with van der Waals surface area (Å²) in [5.41, 5.74) is 7.73. The Hall–Kier alpha value is -6.62. The van der Waals surface area contributed by atoms with Crippen LogP contribution in [0.25, 0.3) is 44.7 Å². The van der Waals surface area contributed by atoms with Crippen LogP contribution in [0.2, 0.25) is 0 Å². The zero-order chi connectivity index (χ0) is 47.5. The van der Waals surface area contributed by atoms with E-state index in [1.165, 1.54) is 31.9 Å². The first kappa shape index (κ1) is 45.2. The number of hydrogen-bond donors (Lipinski definition) is 4. The summed E-state index contributed by atoms with van der Waals surface area (Å²) in [5, 5.41) is 6.52. The number of imidazole rings is 2. The van der Waals surface area contributed by atoms with E-state index in [2.05, 4.69) is 80.6 Å². The predicted molar refractivity (Wildman–Crippen MR) is 258 cm³/mol. The van der Waals surface area contributed by atoms with E-state index in [9.17, 15) is 19.2 Å². The molecule has 4 amide bonds. The molecule has 5 unspecified atom stereocenters. The topological polar surface area (TPSA) is 189 Å². The van der Waals surface area contributed by atoms with Crippen LogP contribution in [0, 0.1) is 18.8 Å². The highest BCUT2D eigenvalue weighted by Gasteiger charge is 2.40. The van der Waals surface area contributed by atoms with Crippen molar-refractivity contribution in [3.63, 3.8) is 0 Å². The van der Waals surface area contributed by atoms with Crippen LogP contribution in [0.3, 0.4) is 0 Å². The standard InChI is InChI=1S/C51H59N9O7S/c1-26(2)43(56-50(63)65-6)47(61)58-18-8-10-36(58)45-52-24-33(54-45)30-14-15-35-32(21-30)22-38-42-28(5)20-31(23-39(42)67-49(60(35)38)41-17-16-40(68-41)29-12-13-29)34-25-53-46(55-34)37-11-9-19-59(37)48(62)44(27(3)4)57-51(64)66-7/h14-17,20-27,29,36-37,43-44,49H,8-13,18-19H2,1-7H3,(H,52,54)(H,53,55)(H,56,63)(H,57,64). The fourth-order valence-electron chi connectivity index (χ4n) is 10.3. The minimum atomic E-state index is -0.718. The number of aromatic amines is 2. The minimum absolute atomic E-state index is 0.126. The summed E-state index contributed by atoms with van der Waals surface area (Å²) in [6.45, 7) is 10.9. The Morgan fingerprint density at radius 1 is 0.735 bits per heavy atom.